The average Bonchev–Trinajstić information content (AvgIpc) is 3.14. The summed E-state index contributed by atoms with van der Waals surface area (Å²) in [6.45, 7) is 2.13. The highest BCUT2D eigenvalue weighted by molar-refractivity contribution is 5.77. The van der Waals surface area contributed by atoms with Crippen molar-refractivity contribution in [1.82, 2.24) is 14.8 Å². The van der Waals surface area contributed by atoms with E-state index in [2.05, 4.69) is 21.8 Å². The van der Waals surface area contributed by atoms with Gasteiger partial charge < -0.3 is 9.80 Å². The zero-order valence-electron chi connectivity index (χ0n) is 12.9. The summed E-state index contributed by atoms with van der Waals surface area (Å²) < 4.78 is 0. The first-order valence-corrected chi connectivity index (χ1v) is 8.14. The van der Waals surface area contributed by atoms with Crippen LogP contribution in [0.5, 0.6) is 0 Å². The first-order valence-electron chi connectivity index (χ1n) is 8.14. The number of amides is 1. The Morgan fingerprint density at radius 1 is 1.19 bits per heavy atom. The van der Waals surface area contributed by atoms with Crippen molar-refractivity contribution in [2.24, 2.45) is 0 Å². The fraction of sp³-hybridized carbons (Fsp3) is 0.647. The molecule has 4 heteroatoms. The molecular formula is C17H25N3O. The van der Waals surface area contributed by atoms with E-state index in [0.29, 0.717) is 24.4 Å². The Hall–Kier alpha value is -1.42. The average molecular weight is 287 g/mol. The molecule has 2 aliphatic heterocycles. The third kappa shape index (κ3) is 3.26. The summed E-state index contributed by atoms with van der Waals surface area (Å²) in [5, 5.41) is 0. The van der Waals surface area contributed by atoms with Crippen molar-refractivity contribution in [3.63, 3.8) is 0 Å². The highest BCUT2D eigenvalue weighted by Gasteiger charge is 2.37. The zero-order chi connectivity index (χ0) is 14.7. The SMILES string of the molecule is CN1CCC[C@@H]1[C@@H]1CCCN1C(=O)CCc1ccncc1. The summed E-state index contributed by atoms with van der Waals surface area (Å²) in [5.41, 5.74) is 1.20. The molecule has 0 aromatic carbocycles. The minimum Gasteiger partial charge on any atom is -0.338 e. The number of aryl methyl sites for hydroxylation is 1. The lowest BCUT2D eigenvalue weighted by Gasteiger charge is -2.33. The van der Waals surface area contributed by atoms with Crippen LogP contribution in [0.3, 0.4) is 0 Å². The van der Waals surface area contributed by atoms with Crippen molar-refractivity contribution >= 4 is 5.91 Å². The van der Waals surface area contributed by atoms with Gasteiger partial charge in [0.15, 0.2) is 0 Å². The van der Waals surface area contributed by atoms with Gasteiger partial charge in [0.2, 0.25) is 5.91 Å². The van der Waals surface area contributed by atoms with Gasteiger partial charge in [0.05, 0.1) is 0 Å². The minimum atomic E-state index is 0.328. The maximum absolute atomic E-state index is 12.6. The Morgan fingerprint density at radius 3 is 2.62 bits per heavy atom. The predicted molar refractivity (Wildman–Crippen MR) is 82.9 cm³/mol. The first-order chi connectivity index (χ1) is 10.3. The summed E-state index contributed by atoms with van der Waals surface area (Å²) in [5.74, 6) is 0.328. The van der Waals surface area contributed by atoms with Crippen LogP contribution in [0, 0.1) is 0 Å². The maximum Gasteiger partial charge on any atom is 0.223 e. The van der Waals surface area contributed by atoms with E-state index in [1.807, 2.05) is 12.1 Å². The van der Waals surface area contributed by atoms with Gasteiger partial charge in [-0.15, -0.1) is 0 Å². The van der Waals surface area contributed by atoms with Crippen molar-refractivity contribution < 1.29 is 4.79 Å². The summed E-state index contributed by atoms with van der Waals surface area (Å²) >= 11 is 0. The molecule has 2 atom stereocenters. The number of likely N-dealkylation sites (N-methyl/N-ethyl adjacent to an activating group) is 1. The van der Waals surface area contributed by atoms with E-state index in [0.717, 1.165) is 19.4 Å². The molecule has 1 aromatic heterocycles. The molecule has 0 N–H and O–H groups in total. The van der Waals surface area contributed by atoms with Gasteiger partial charge in [-0.2, -0.15) is 0 Å². The van der Waals surface area contributed by atoms with Crippen LogP contribution in [0.2, 0.25) is 0 Å². The molecule has 0 bridgehead atoms. The van der Waals surface area contributed by atoms with Gasteiger partial charge in [-0.05, 0) is 63.4 Å². The van der Waals surface area contributed by atoms with Crippen molar-refractivity contribution in [3.8, 4) is 0 Å². The summed E-state index contributed by atoms with van der Waals surface area (Å²) in [6.07, 6.45) is 9.90. The maximum atomic E-state index is 12.6. The van der Waals surface area contributed by atoms with Crippen LogP contribution in [-0.4, -0.2) is 52.9 Å². The highest BCUT2D eigenvalue weighted by Crippen LogP contribution is 2.29. The quantitative estimate of drug-likeness (QED) is 0.851. The molecular weight excluding hydrogens is 262 g/mol. The van der Waals surface area contributed by atoms with Crippen molar-refractivity contribution in [3.05, 3.63) is 30.1 Å². The van der Waals surface area contributed by atoms with Gasteiger partial charge in [0.25, 0.3) is 0 Å². The van der Waals surface area contributed by atoms with E-state index in [4.69, 9.17) is 0 Å². The Morgan fingerprint density at radius 2 is 1.90 bits per heavy atom. The molecule has 0 radical (unpaired) electrons. The van der Waals surface area contributed by atoms with E-state index < -0.39 is 0 Å². The summed E-state index contributed by atoms with van der Waals surface area (Å²) in [6, 6.07) is 5.03. The van der Waals surface area contributed by atoms with Gasteiger partial charge in [-0.3, -0.25) is 9.78 Å². The number of pyridine rings is 1. The van der Waals surface area contributed by atoms with Crippen LogP contribution in [0.15, 0.2) is 24.5 Å². The molecule has 4 nitrogen and oxygen atoms in total. The first kappa shape index (κ1) is 14.5. The molecule has 3 rings (SSSR count). The van der Waals surface area contributed by atoms with Gasteiger partial charge in [0, 0.05) is 37.4 Å². The van der Waals surface area contributed by atoms with E-state index in [9.17, 15) is 4.79 Å². The van der Waals surface area contributed by atoms with Crippen LogP contribution in [-0.2, 0) is 11.2 Å². The molecule has 1 amide bonds. The minimum absolute atomic E-state index is 0.328. The van der Waals surface area contributed by atoms with Crippen LogP contribution in [0.1, 0.15) is 37.7 Å². The molecule has 114 valence electrons. The monoisotopic (exact) mass is 287 g/mol. The highest BCUT2D eigenvalue weighted by atomic mass is 16.2. The number of carbonyl (C=O) groups is 1. The summed E-state index contributed by atoms with van der Waals surface area (Å²) in [7, 11) is 2.20. The fourth-order valence-electron chi connectivity index (χ4n) is 3.87. The van der Waals surface area contributed by atoms with Gasteiger partial charge in [-0.25, -0.2) is 0 Å². The second kappa shape index (κ2) is 6.56. The van der Waals surface area contributed by atoms with Gasteiger partial charge in [0.1, 0.15) is 0 Å². The number of aromatic nitrogens is 1. The second-order valence-corrected chi connectivity index (χ2v) is 6.34. The Labute approximate surface area is 127 Å². The van der Waals surface area contributed by atoms with Crippen molar-refractivity contribution in [2.75, 3.05) is 20.1 Å². The zero-order valence-corrected chi connectivity index (χ0v) is 12.9. The van der Waals surface area contributed by atoms with Crippen LogP contribution in [0.4, 0.5) is 0 Å². The smallest absolute Gasteiger partial charge is 0.223 e. The topological polar surface area (TPSA) is 36.4 Å². The largest absolute Gasteiger partial charge is 0.338 e. The molecule has 0 unspecified atom stereocenters. The van der Waals surface area contributed by atoms with Crippen molar-refractivity contribution in [1.29, 1.82) is 0 Å². The number of carbonyl (C=O) groups excluding carboxylic acids is 1. The van der Waals surface area contributed by atoms with Crippen molar-refractivity contribution in [2.45, 2.75) is 50.6 Å². The third-order valence-corrected chi connectivity index (χ3v) is 5.02. The standard InChI is InChI=1S/C17H25N3O/c1-19-12-2-4-15(19)16-5-3-13-20(16)17(21)7-6-14-8-10-18-11-9-14/h8-11,15-16H,2-7,12-13H2,1H3/t15-,16+/m1/s1. The molecule has 1 aromatic rings. The molecule has 0 aliphatic carbocycles. The molecule has 2 saturated heterocycles. The van der Waals surface area contributed by atoms with E-state index in [-0.39, 0.29) is 0 Å². The molecule has 21 heavy (non-hydrogen) atoms. The summed E-state index contributed by atoms with van der Waals surface area (Å²) in [4.78, 5) is 21.2. The molecule has 0 spiro atoms. The fourth-order valence-corrected chi connectivity index (χ4v) is 3.87. The van der Waals surface area contributed by atoms with E-state index in [1.165, 1.54) is 31.4 Å². The van der Waals surface area contributed by atoms with Gasteiger partial charge >= 0.3 is 0 Å². The Kier molecular flexibility index (Phi) is 4.54. The number of nitrogens with zero attached hydrogens (tertiary/aromatic N) is 3. The van der Waals surface area contributed by atoms with Crippen LogP contribution >= 0.6 is 0 Å². The normalized spacial score (nSPS) is 26.4. The molecule has 2 aliphatic rings. The van der Waals surface area contributed by atoms with Gasteiger partial charge in [-0.1, -0.05) is 0 Å². The number of rotatable bonds is 4. The molecule has 2 fully saturated rings. The van der Waals surface area contributed by atoms with E-state index in [1.54, 1.807) is 12.4 Å². The number of likely N-dealkylation sites (tertiary alicyclic amines) is 2. The molecule has 0 saturated carbocycles. The van der Waals surface area contributed by atoms with E-state index >= 15 is 0 Å². The Balaban J connectivity index is 1.58. The molecule has 3 heterocycles. The predicted octanol–water partition coefficient (Wildman–Crippen LogP) is 2.10. The third-order valence-electron chi connectivity index (χ3n) is 5.02. The van der Waals surface area contributed by atoms with Crippen LogP contribution < -0.4 is 0 Å². The lowest BCUT2D eigenvalue weighted by Crippen LogP contribution is -2.47. The lowest BCUT2D eigenvalue weighted by molar-refractivity contribution is -0.132. The lowest BCUT2D eigenvalue weighted by atomic mass is 10.0. The number of hydrogen-bond donors (Lipinski definition) is 0. The Bertz CT molecular complexity index is 476. The van der Waals surface area contributed by atoms with Crippen LogP contribution in [0.25, 0.3) is 0 Å². The second-order valence-electron chi connectivity index (χ2n) is 6.34. The number of hydrogen-bond acceptors (Lipinski definition) is 3.